The smallest absolute Gasteiger partial charge is 0.340 e. The molecule has 0 saturated carbocycles. The van der Waals surface area contributed by atoms with Crippen molar-refractivity contribution in [2.75, 3.05) is 0 Å². The van der Waals surface area contributed by atoms with E-state index >= 15 is 0 Å². The molecular formula is C22H22N4O3. The van der Waals surface area contributed by atoms with E-state index in [1.165, 1.54) is 0 Å². The summed E-state index contributed by atoms with van der Waals surface area (Å²) in [6.45, 7) is 7.71. The van der Waals surface area contributed by atoms with E-state index in [9.17, 15) is 4.79 Å². The third-order valence-corrected chi connectivity index (χ3v) is 4.72. The second-order valence-corrected chi connectivity index (χ2v) is 7.18. The van der Waals surface area contributed by atoms with Gasteiger partial charge in [-0.05, 0) is 45.9 Å². The van der Waals surface area contributed by atoms with Gasteiger partial charge in [0.25, 0.3) is 0 Å². The lowest BCUT2D eigenvalue weighted by atomic mass is 10.1. The molecule has 7 nitrogen and oxygen atoms in total. The van der Waals surface area contributed by atoms with Gasteiger partial charge in [-0.1, -0.05) is 18.2 Å². The number of hydrogen-bond acceptors (Lipinski definition) is 6. The first-order chi connectivity index (χ1) is 13.9. The van der Waals surface area contributed by atoms with Gasteiger partial charge < -0.3 is 9.15 Å². The average Bonchev–Trinajstić information content (AvgIpc) is 3.29. The summed E-state index contributed by atoms with van der Waals surface area (Å²) >= 11 is 0. The number of oxazole rings is 1. The van der Waals surface area contributed by atoms with E-state index in [-0.39, 0.29) is 12.6 Å². The summed E-state index contributed by atoms with van der Waals surface area (Å²) in [6, 6.07) is 11.6. The van der Waals surface area contributed by atoms with Gasteiger partial charge in [0.1, 0.15) is 18.1 Å². The van der Waals surface area contributed by atoms with Crippen LogP contribution < -0.4 is 0 Å². The van der Waals surface area contributed by atoms with Gasteiger partial charge in [0.05, 0.1) is 17.5 Å². The van der Waals surface area contributed by atoms with Crippen molar-refractivity contribution in [3.8, 4) is 11.5 Å². The first-order valence-electron chi connectivity index (χ1n) is 9.47. The number of fused-ring (bicyclic) bond motifs is 1. The third-order valence-electron chi connectivity index (χ3n) is 4.72. The van der Waals surface area contributed by atoms with E-state index in [0.29, 0.717) is 28.6 Å². The van der Waals surface area contributed by atoms with Crippen molar-refractivity contribution < 1.29 is 13.9 Å². The molecular weight excluding hydrogens is 368 g/mol. The zero-order valence-corrected chi connectivity index (χ0v) is 16.8. The van der Waals surface area contributed by atoms with Gasteiger partial charge in [-0.3, -0.25) is 0 Å². The van der Waals surface area contributed by atoms with Crippen molar-refractivity contribution in [2.45, 2.75) is 40.3 Å². The highest BCUT2D eigenvalue weighted by atomic mass is 16.5. The third kappa shape index (κ3) is 3.63. The van der Waals surface area contributed by atoms with Crippen LogP contribution in [0.15, 0.2) is 47.0 Å². The van der Waals surface area contributed by atoms with Crippen LogP contribution in [0, 0.1) is 13.8 Å². The van der Waals surface area contributed by atoms with Crippen molar-refractivity contribution in [3.63, 3.8) is 0 Å². The molecule has 7 heteroatoms. The summed E-state index contributed by atoms with van der Waals surface area (Å²) in [5.74, 6) is 0.688. The predicted molar refractivity (Wildman–Crippen MR) is 108 cm³/mol. The fourth-order valence-electron chi connectivity index (χ4n) is 3.13. The van der Waals surface area contributed by atoms with Crippen LogP contribution in [-0.4, -0.2) is 25.7 Å². The van der Waals surface area contributed by atoms with Crippen LogP contribution >= 0.6 is 0 Å². The zero-order chi connectivity index (χ0) is 20.5. The Morgan fingerprint density at radius 1 is 1.17 bits per heavy atom. The van der Waals surface area contributed by atoms with Crippen molar-refractivity contribution in [1.29, 1.82) is 0 Å². The fourth-order valence-corrected chi connectivity index (χ4v) is 3.13. The summed E-state index contributed by atoms with van der Waals surface area (Å²) < 4.78 is 13.1. The molecule has 148 valence electrons. The highest BCUT2D eigenvalue weighted by Gasteiger charge is 2.18. The molecule has 29 heavy (non-hydrogen) atoms. The Morgan fingerprint density at radius 2 is 1.93 bits per heavy atom. The van der Waals surface area contributed by atoms with Crippen LogP contribution in [0.5, 0.6) is 0 Å². The van der Waals surface area contributed by atoms with Crippen LogP contribution in [-0.2, 0) is 11.3 Å². The Morgan fingerprint density at radius 3 is 2.66 bits per heavy atom. The predicted octanol–water partition coefficient (Wildman–Crippen LogP) is 4.64. The quantitative estimate of drug-likeness (QED) is 0.462. The van der Waals surface area contributed by atoms with Crippen molar-refractivity contribution >= 4 is 17.0 Å². The molecule has 0 spiro atoms. The number of aromatic nitrogens is 4. The lowest BCUT2D eigenvalue weighted by Crippen LogP contribution is -2.10. The molecule has 3 aromatic heterocycles. The number of esters is 1. The molecule has 3 heterocycles. The maximum Gasteiger partial charge on any atom is 0.340 e. The van der Waals surface area contributed by atoms with Gasteiger partial charge in [-0.25, -0.2) is 19.4 Å². The highest BCUT2D eigenvalue weighted by molar-refractivity contribution is 5.94. The van der Waals surface area contributed by atoms with Crippen LogP contribution in [0.25, 0.3) is 22.5 Å². The van der Waals surface area contributed by atoms with Crippen molar-refractivity contribution in [3.05, 3.63) is 65.3 Å². The number of rotatable bonds is 5. The van der Waals surface area contributed by atoms with E-state index in [0.717, 1.165) is 16.6 Å². The Labute approximate surface area is 168 Å². The Hall–Kier alpha value is -3.48. The minimum absolute atomic E-state index is 0.0315. The Balaban J connectivity index is 1.53. The minimum Gasteiger partial charge on any atom is -0.455 e. The van der Waals surface area contributed by atoms with E-state index < -0.39 is 5.97 Å². The van der Waals surface area contributed by atoms with Gasteiger partial charge in [0.2, 0.25) is 5.89 Å². The molecule has 1 aromatic carbocycles. The number of ether oxygens (including phenoxy) is 1. The van der Waals surface area contributed by atoms with E-state index in [1.54, 1.807) is 19.2 Å². The minimum atomic E-state index is -0.446. The molecule has 0 radical (unpaired) electrons. The molecule has 4 rings (SSSR count). The number of aryl methyl sites for hydroxylation is 2. The van der Waals surface area contributed by atoms with E-state index in [1.807, 2.05) is 55.8 Å². The van der Waals surface area contributed by atoms with E-state index in [4.69, 9.17) is 9.15 Å². The van der Waals surface area contributed by atoms with Crippen LogP contribution in [0.2, 0.25) is 0 Å². The monoisotopic (exact) mass is 390 g/mol. The largest absolute Gasteiger partial charge is 0.455 e. The number of hydrogen-bond donors (Lipinski definition) is 0. The fraction of sp³-hybridized carbons (Fsp3) is 0.273. The van der Waals surface area contributed by atoms with Crippen molar-refractivity contribution in [1.82, 2.24) is 19.7 Å². The standard InChI is InChI=1S/C22H22N4O3/c1-13(2)26-20-17(11-23-26)10-18(14(3)24-20)22(27)28-12-19-15(4)29-21(25-19)16-8-6-5-7-9-16/h5-11,13H,12H2,1-4H3. The van der Waals surface area contributed by atoms with Gasteiger partial charge in [0.15, 0.2) is 5.65 Å². The van der Waals surface area contributed by atoms with Crippen LogP contribution in [0.3, 0.4) is 0 Å². The summed E-state index contributed by atoms with van der Waals surface area (Å²) in [7, 11) is 0. The summed E-state index contributed by atoms with van der Waals surface area (Å²) in [5, 5.41) is 5.16. The summed E-state index contributed by atoms with van der Waals surface area (Å²) in [4.78, 5) is 21.7. The average molecular weight is 390 g/mol. The molecule has 0 aliphatic heterocycles. The van der Waals surface area contributed by atoms with Crippen LogP contribution in [0.4, 0.5) is 0 Å². The summed E-state index contributed by atoms with van der Waals surface area (Å²) in [5.41, 5.74) is 3.25. The molecule has 0 atom stereocenters. The van der Waals surface area contributed by atoms with Gasteiger partial charge in [0, 0.05) is 17.0 Å². The number of carbonyl (C=O) groups excluding carboxylic acids is 1. The lowest BCUT2D eigenvalue weighted by Gasteiger charge is -2.09. The first-order valence-corrected chi connectivity index (χ1v) is 9.47. The lowest BCUT2D eigenvalue weighted by molar-refractivity contribution is 0.0465. The Bertz CT molecular complexity index is 1180. The van der Waals surface area contributed by atoms with Crippen LogP contribution in [0.1, 0.15) is 47.4 Å². The van der Waals surface area contributed by atoms with Gasteiger partial charge in [-0.2, -0.15) is 5.10 Å². The molecule has 0 N–H and O–H groups in total. The van der Waals surface area contributed by atoms with Gasteiger partial charge >= 0.3 is 5.97 Å². The molecule has 0 unspecified atom stereocenters. The highest BCUT2D eigenvalue weighted by Crippen LogP contribution is 2.23. The maximum atomic E-state index is 12.7. The molecule has 0 saturated heterocycles. The SMILES string of the molecule is Cc1nc2c(cnn2C(C)C)cc1C(=O)OCc1nc(-c2ccccc2)oc1C. The normalized spacial score (nSPS) is 11.3. The number of carbonyl (C=O) groups is 1. The first kappa shape index (κ1) is 18.9. The molecule has 4 aromatic rings. The number of nitrogens with zero attached hydrogens (tertiary/aromatic N) is 4. The number of pyridine rings is 1. The van der Waals surface area contributed by atoms with Gasteiger partial charge in [-0.15, -0.1) is 0 Å². The molecule has 0 amide bonds. The van der Waals surface area contributed by atoms with E-state index in [2.05, 4.69) is 15.1 Å². The number of benzene rings is 1. The molecule has 0 bridgehead atoms. The molecule has 0 fully saturated rings. The topological polar surface area (TPSA) is 83.0 Å². The molecule has 0 aliphatic carbocycles. The Kier molecular flexibility index (Phi) is 4.88. The maximum absolute atomic E-state index is 12.7. The zero-order valence-electron chi connectivity index (χ0n) is 16.8. The second-order valence-electron chi connectivity index (χ2n) is 7.18. The second kappa shape index (κ2) is 7.50. The molecule has 0 aliphatic rings. The van der Waals surface area contributed by atoms with Crippen molar-refractivity contribution in [2.24, 2.45) is 0 Å². The summed E-state index contributed by atoms with van der Waals surface area (Å²) in [6.07, 6.45) is 1.71.